The SMILES string of the molecule is CCCCC(NC(=O)C1CCCCC1C(=O)N1CCCC1)C(=O)O. The average Bonchev–Trinajstić information content (AvgIpc) is 3.12. The van der Waals surface area contributed by atoms with Gasteiger partial charge in [-0.1, -0.05) is 32.6 Å². The number of nitrogens with zero attached hydrogens (tertiary/aromatic N) is 1. The van der Waals surface area contributed by atoms with Crippen LogP contribution >= 0.6 is 0 Å². The van der Waals surface area contributed by atoms with Crippen LogP contribution in [-0.4, -0.2) is 46.9 Å². The van der Waals surface area contributed by atoms with Crippen LogP contribution in [0.1, 0.15) is 64.7 Å². The fourth-order valence-corrected chi connectivity index (χ4v) is 3.86. The van der Waals surface area contributed by atoms with Crippen molar-refractivity contribution in [1.29, 1.82) is 0 Å². The Hall–Kier alpha value is -1.59. The summed E-state index contributed by atoms with van der Waals surface area (Å²) in [7, 11) is 0. The fourth-order valence-electron chi connectivity index (χ4n) is 3.86. The summed E-state index contributed by atoms with van der Waals surface area (Å²) in [5.41, 5.74) is 0. The Labute approximate surface area is 144 Å². The van der Waals surface area contributed by atoms with Gasteiger partial charge in [-0.05, 0) is 32.1 Å². The predicted octanol–water partition coefficient (Wildman–Crippen LogP) is 2.17. The van der Waals surface area contributed by atoms with Gasteiger partial charge in [0.25, 0.3) is 0 Å². The number of carbonyl (C=O) groups excluding carboxylic acids is 2. The predicted molar refractivity (Wildman–Crippen MR) is 90.4 cm³/mol. The molecule has 1 aliphatic heterocycles. The minimum absolute atomic E-state index is 0.0905. The molecule has 2 amide bonds. The van der Waals surface area contributed by atoms with Crippen LogP contribution in [0.2, 0.25) is 0 Å². The molecule has 1 saturated heterocycles. The van der Waals surface area contributed by atoms with Gasteiger partial charge in [-0.2, -0.15) is 0 Å². The van der Waals surface area contributed by atoms with Crippen molar-refractivity contribution in [2.24, 2.45) is 11.8 Å². The molecule has 6 nitrogen and oxygen atoms in total. The van der Waals surface area contributed by atoms with Crippen LogP contribution < -0.4 is 5.32 Å². The normalized spacial score (nSPS) is 25.3. The zero-order chi connectivity index (χ0) is 17.5. The van der Waals surface area contributed by atoms with Crippen LogP contribution in [-0.2, 0) is 14.4 Å². The lowest BCUT2D eigenvalue weighted by Crippen LogP contribution is -2.49. The molecule has 0 aromatic carbocycles. The van der Waals surface area contributed by atoms with Crippen LogP contribution in [0.4, 0.5) is 0 Å². The van der Waals surface area contributed by atoms with Crippen molar-refractivity contribution in [2.75, 3.05) is 13.1 Å². The number of amides is 2. The molecule has 3 unspecified atom stereocenters. The molecule has 1 heterocycles. The lowest BCUT2D eigenvalue weighted by molar-refractivity contribution is -0.146. The third-order valence-electron chi connectivity index (χ3n) is 5.30. The number of aliphatic carboxylic acids is 1. The Balaban J connectivity index is 2.01. The second-order valence-electron chi connectivity index (χ2n) is 7.07. The quantitative estimate of drug-likeness (QED) is 0.745. The topological polar surface area (TPSA) is 86.7 Å². The fraction of sp³-hybridized carbons (Fsp3) is 0.833. The minimum atomic E-state index is -0.991. The molecule has 2 rings (SSSR count). The van der Waals surface area contributed by atoms with Crippen LogP contribution in [0.15, 0.2) is 0 Å². The number of carboxylic acid groups (broad SMARTS) is 1. The highest BCUT2D eigenvalue weighted by molar-refractivity contribution is 5.90. The first-order chi connectivity index (χ1) is 11.5. The van der Waals surface area contributed by atoms with Gasteiger partial charge >= 0.3 is 5.97 Å². The summed E-state index contributed by atoms with van der Waals surface area (Å²) in [4.78, 5) is 38.6. The maximum atomic E-state index is 12.7. The van der Waals surface area contributed by atoms with E-state index in [0.29, 0.717) is 12.8 Å². The number of unbranched alkanes of at least 4 members (excludes halogenated alkanes) is 1. The molecule has 2 aliphatic rings. The molecule has 2 fully saturated rings. The first-order valence-electron chi connectivity index (χ1n) is 9.36. The van der Waals surface area contributed by atoms with Crippen LogP contribution in [0.3, 0.4) is 0 Å². The molecule has 0 bridgehead atoms. The van der Waals surface area contributed by atoms with Crippen molar-refractivity contribution in [3.63, 3.8) is 0 Å². The lowest BCUT2D eigenvalue weighted by Gasteiger charge is -2.33. The summed E-state index contributed by atoms with van der Waals surface area (Å²) >= 11 is 0. The Morgan fingerprint density at radius 1 is 1.08 bits per heavy atom. The zero-order valence-electron chi connectivity index (χ0n) is 14.6. The number of carboxylic acids is 1. The van der Waals surface area contributed by atoms with Crippen LogP contribution in [0.25, 0.3) is 0 Å². The Morgan fingerprint density at radius 3 is 2.29 bits per heavy atom. The smallest absolute Gasteiger partial charge is 0.326 e. The molecule has 1 aliphatic carbocycles. The van der Waals surface area contributed by atoms with Gasteiger partial charge in [0.2, 0.25) is 11.8 Å². The van der Waals surface area contributed by atoms with Crippen molar-refractivity contribution in [1.82, 2.24) is 10.2 Å². The maximum absolute atomic E-state index is 12.7. The van der Waals surface area contributed by atoms with E-state index < -0.39 is 12.0 Å². The number of hydrogen-bond acceptors (Lipinski definition) is 3. The second kappa shape index (κ2) is 9.04. The van der Waals surface area contributed by atoms with Gasteiger partial charge in [0.1, 0.15) is 6.04 Å². The molecule has 0 spiro atoms. The Bertz CT molecular complexity index is 460. The van der Waals surface area contributed by atoms with E-state index in [-0.39, 0.29) is 23.7 Å². The Kier molecular flexibility index (Phi) is 7.06. The van der Waals surface area contributed by atoms with Gasteiger partial charge in [0.15, 0.2) is 0 Å². The maximum Gasteiger partial charge on any atom is 0.326 e. The van der Waals surface area contributed by atoms with E-state index in [1.54, 1.807) is 0 Å². The number of rotatable bonds is 7. The molecule has 136 valence electrons. The van der Waals surface area contributed by atoms with Gasteiger partial charge in [-0.25, -0.2) is 4.79 Å². The van der Waals surface area contributed by atoms with E-state index in [2.05, 4.69) is 5.32 Å². The van der Waals surface area contributed by atoms with E-state index in [0.717, 1.165) is 58.0 Å². The molecule has 0 aromatic heterocycles. The molecule has 1 saturated carbocycles. The minimum Gasteiger partial charge on any atom is -0.480 e. The first-order valence-corrected chi connectivity index (χ1v) is 9.36. The Morgan fingerprint density at radius 2 is 1.71 bits per heavy atom. The van der Waals surface area contributed by atoms with E-state index >= 15 is 0 Å². The third kappa shape index (κ3) is 4.71. The number of nitrogens with one attached hydrogen (secondary N) is 1. The van der Waals surface area contributed by atoms with Crippen LogP contribution in [0.5, 0.6) is 0 Å². The average molecular weight is 338 g/mol. The van der Waals surface area contributed by atoms with Crippen molar-refractivity contribution in [3.8, 4) is 0 Å². The molecule has 0 radical (unpaired) electrons. The van der Waals surface area contributed by atoms with Crippen LogP contribution in [0, 0.1) is 11.8 Å². The molecular weight excluding hydrogens is 308 g/mol. The van der Waals surface area contributed by atoms with Crippen molar-refractivity contribution >= 4 is 17.8 Å². The lowest BCUT2D eigenvalue weighted by atomic mass is 9.77. The standard InChI is InChI=1S/C18H30N2O4/c1-2-3-10-15(18(23)24)19-16(21)13-8-4-5-9-14(13)17(22)20-11-6-7-12-20/h13-15H,2-12H2,1H3,(H,19,21)(H,23,24). The monoisotopic (exact) mass is 338 g/mol. The highest BCUT2D eigenvalue weighted by Gasteiger charge is 2.39. The van der Waals surface area contributed by atoms with Crippen molar-refractivity contribution in [3.05, 3.63) is 0 Å². The second-order valence-corrected chi connectivity index (χ2v) is 7.07. The van der Waals surface area contributed by atoms with E-state index in [4.69, 9.17) is 0 Å². The summed E-state index contributed by atoms with van der Waals surface area (Å²) in [6.07, 6.45) is 7.46. The summed E-state index contributed by atoms with van der Waals surface area (Å²) in [5.74, 6) is -1.81. The van der Waals surface area contributed by atoms with E-state index in [1.165, 1.54) is 0 Å². The summed E-state index contributed by atoms with van der Waals surface area (Å²) in [5, 5.41) is 12.0. The van der Waals surface area contributed by atoms with Gasteiger partial charge in [-0.3, -0.25) is 9.59 Å². The number of likely N-dealkylation sites (tertiary alicyclic amines) is 1. The molecule has 6 heteroatoms. The largest absolute Gasteiger partial charge is 0.480 e. The highest BCUT2D eigenvalue weighted by Crippen LogP contribution is 2.32. The van der Waals surface area contributed by atoms with Gasteiger partial charge in [0.05, 0.1) is 0 Å². The zero-order valence-corrected chi connectivity index (χ0v) is 14.6. The molecule has 2 N–H and O–H groups in total. The van der Waals surface area contributed by atoms with Gasteiger partial charge in [-0.15, -0.1) is 0 Å². The third-order valence-corrected chi connectivity index (χ3v) is 5.30. The molecule has 3 atom stereocenters. The number of hydrogen-bond donors (Lipinski definition) is 2. The molecular formula is C18H30N2O4. The van der Waals surface area contributed by atoms with Crippen molar-refractivity contribution < 1.29 is 19.5 Å². The van der Waals surface area contributed by atoms with Gasteiger partial charge < -0.3 is 15.3 Å². The van der Waals surface area contributed by atoms with Crippen molar-refractivity contribution in [2.45, 2.75) is 70.8 Å². The first kappa shape index (κ1) is 18.7. The molecule has 0 aromatic rings. The summed E-state index contributed by atoms with van der Waals surface area (Å²) < 4.78 is 0. The number of carbonyl (C=O) groups is 3. The van der Waals surface area contributed by atoms with Gasteiger partial charge in [0, 0.05) is 24.9 Å². The highest BCUT2D eigenvalue weighted by atomic mass is 16.4. The summed E-state index contributed by atoms with van der Waals surface area (Å²) in [6, 6.07) is -0.845. The van der Waals surface area contributed by atoms with E-state index in [1.807, 2.05) is 11.8 Å². The van der Waals surface area contributed by atoms with E-state index in [9.17, 15) is 19.5 Å². The molecule has 24 heavy (non-hydrogen) atoms. The summed E-state index contributed by atoms with van der Waals surface area (Å²) in [6.45, 7) is 3.57.